The summed E-state index contributed by atoms with van der Waals surface area (Å²) in [6.45, 7) is 3.40. The second-order valence-corrected chi connectivity index (χ2v) is 6.69. The van der Waals surface area contributed by atoms with E-state index in [1.165, 1.54) is 0 Å². The number of nitrogens with zero attached hydrogens (tertiary/aromatic N) is 1. The third-order valence-corrected chi connectivity index (χ3v) is 4.66. The van der Waals surface area contributed by atoms with Crippen LogP contribution in [0.4, 0.5) is 13.2 Å². The van der Waals surface area contributed by atoms with E-state index in [0.29, 0.717) is 19.5 Å². The highest BCUT2D eigenvalue weighted by atomic mass is 19.4. The van der Waals surface area contributed by atoms with Gasteiger partial charge in [-0.1, -0.05) is 30.3 Å². The Morgan fingerprint density at radius 3 is 2.42 bits per heavy atom. The predicted molar refractivity (Wildman–Crippen MR) is 88.9 cm³/mol. The minimum absolute atomic E-state index is 0.0445. The topological polar surface area (TPSA) is 35.5 Å². The van der Waals surface area contributed by atoms with E-state index in [2.05, 4.69) is 5.32 Å². The van der Waals surface area contributed by atoms with E-state index >= 15 is 0 Å². The van der Waals surface area contributed by atoms with Gasteiger partial charge in [-0.25, -0.2) is 0 Å². The molecule has 1 saturated heterocycles. The van der Waals surface area contributed by atoms with Crippen LogP contribution in [0, 0.1) is 0 Å². The summed E-state index contributed by atoms with van der Waals surface area (Å²) in [5.74, 6) is 0. The normalized spacial score (nSPS) is 20.0. The van der Waals surface area contributed by atoms with Gasteiger partial charge in [0.15, 0.2) is 0 Å². The molecule has 0 radical (unpaired) electrons. The highest BCUT2D eigenvalue weighted by molar-refractivity contribution is 5.15. The van der Waals surface area contributed by atoms with Gasteiger partial charge < -0.3 is 15.3 Å². The molecule has 2 N–H and O–H groups in total. The van der Waals surface area contributed by atoms with Crippen molar-refractivity contribution in [1.29, 1.82) is 0 Å². The Morgan fingerprint density at radius 1 is 1.21 bits per heavy atom. The van der Waals surface area contributed by atoms with Crippen LogP contribution in [-0.4, -0.2) is 54.0 Å². The van der Waals surface area contributed by atoms with E-state index < -0.39 is 18.7 Å². The van der Waals surface area contributed by atoms with Gasteiger partial charge in [-0.3, -0.25) is 0 Å². The average molecular weight is 344 g/mol. The molecule has 0 saturated carbocycles. The molecule has 0 amide bonds. The molecule has 6 heteroatoms. The van der Waals surface area contributed by atoms with E-state index in [1.54, 1.807) is 0 Å². The standard InChI is InChI=1S/C18H27F3N2O/c1-14(17(24)13-15-5-3-2-4-6-15)22-16-7-10-23(11-8-16)12-9-18(19,20)21/h2-6,14,16-17,22,24H,7-13H2,1H3. The molecule has 0 aromatic heterocycles. The first-order valence-electron chi connectivity index (χ1n) is 8.60. The first-order chi connectivity index (χ1) is 11.3. The summed E-state index contributed by atoms with van der Waals surface area (Å²) >= 11 is 0. The Kier molecular flexibility index (Phi) is 7.07. The largest absolute Gasteiger partial charge is 0.391 e. The molecule has 1 aromatic rings. The van der Waals surface area contributed by atoms with Crippen molar-refractivity contribution in [3.63, 3.8) is 0 Å². The molecule has 1 heterocycles. The van der Waals surface area contributed by atoms with Crippen molar-refractivity contribution in [2.45, 2.75) is 57.0 Å². The minimum atomic E-state index is -4.08. The van der Waals surface area contributed by atoms with Crippen LogP contribution >= 0.6 is 0 Å². The number of piperidine rings is 1. The lowest BCUT2D eigenvalue weighted by Gasteiger charge is -2.35. The van der Waals surface area contributed by atoms with Gasteiger partial charge in [0.05, 0.1) is 12.5 Å². The fourth-order valence-corrected chi connectivity index (χ4v) is 3.12. The highest BCUT2D eigenvalue weighted by Crippen LogP contribution is 2.21. The molecule has 0 aliphatic carbocycles. The summed E-state index contributed by atoms with van der Waals surface area (Å²) in [5, 5.41) is 13.8. The summed E-state index contributed by atoms with van der Waals surface area (Å²) in [7, 11) is 0. The Labute approximate surface area is 141 Å². The maximum Gasteiger partial charge on any atom is 0.390 e. The van der Waals surface area contributed by atoms with Crippen LogP contribution in [0.5, 0.6) is 0 Å². The Morgan fingerprint density at radius 2 is 1.83 bits per heavy atom. The van der Waals surface area contributed by atoms with Crippen molar-refractivity contribution >= 4 is 0 Å². The molecule has 0 bridgehead atoms. The molecule has 2 unspecified atom stereocenters. The second-order valence-electron chi connectivity index (χ2n) is 6.69. The second kappa shape index (κ2) is 8.83. The smallest absolute Gasteiger partial charge is 0.390 e. The van der Waals surface area contributed by atoms with Crippen molar-refractivity contribution in [3.8, 4) is 0 Å². The van der Waals surface area contributed by atoms with E-state index in [4.69, 9.17) is 0 Å². The summed E-state index contributed by atoms with van der Waals surface area (Å²) < 4.78 is 36.8. The van der Waals surface area contributed by atoms with Crippen molar-refractivity contribution in [1.82, 2.24) is 10.2 Å². The van der Waals surface area contributed by atoms with Crippen molar-refractivity contribution in [2.75, 3.05) is 19.6 Å². The molecule has 136 valence electrons. The molecule has 1 aromatic carbocycles. The number of hydrogen-bond acceptors (Lipinski definition) is 3. The average Bonchev–Trinajstić information content (AvgIpc) is 2.54. The summed E-state index contributed by atoms with van der Waals surface area (Å²) in [5.41, 5.74) is 1.10. The van der Waals surface area contributed by atoms with Gasteiger partial charge in [0.1, 0.15) is 0 Å². The van der Waals surface area contributed by atoms with Gasteiger partial charge in [-0.15, -0.1) is 0 Å². The molecule has 1 aliphatic heterocycles. The van der Waals surface area contributed by atoms with Crippen LogP contribution in [0.15, 0.2) is 30.3 Å². The Hall–Kier alpha value is -1.11. The molecule has 1 aliphatic rings. The number of benzene rings is 1. The number of halogens is 3. The van der Waals surface area contributed by atoms with Gasteiger partial charge in [0.25, 0.3) is 0 Å². The molecule has 0 spiro atoms. The van der Waals surface area contributed by atoms with Gasteiger partial charge in [0.2, 0.25) is 0 Å². The van der Waals surface area contributed by atoms with Crippen LogP contribution in [0.1, 0.15) is 31.7 Å². The van der Waals surface area contributed by atoms with Crippen LogP contribution < -0.4 is 5.32 Å². The molecule has 24 heavy (non-hydrogen) atoms. The fraction of sp³-hybridized carbons (Fsp3) is 0.667. The maximum absolute atomic E-state index is 12.3. The SMILES string of the molecule is CC(NC1CCN(CCC(F)(F)F)CC1)C(O)Cc1ccccc1. The zero-order chi connectivity index (χ0) is 17.6. The summed E-state index contributed by atoms with van der Waals surface area (Å²) in [6, 6.07) is 10.1. The zero-order valence-electron chi connectivity index (χ0n) is 14.1. The number of hydrogen-bond donors (Lipinski definition) is 2. The number of rotatable bonds is 7. The van der Waals surface area contributed by atoms with Crippen molar-refractivity contribution in [2.24, 2.45) is 0 Å². The molecule has 3 nitrogen and oxygen atoms in total. The molecular weight excluding hydrogens is 317 g/mol. The number of nitrogens with one attached hydrogen (secondary N) is 1. The quantitative estimate of drug-likeness (QED) is 0.798. The summed E-state index contributed by atoms with van der Waals surface area (Å²) in [6.07, 6.45) is -3.06. The minimum Gasteiger partial charge on any atom is -0.391 e. The van der Waals surface area contributed by atoms with Crippen molar-refractivity contribution < 1.29 is 18.3 Å². The molecule has 1 fully saturated rings. The van der Waals surface area contributed by atoms with Crippen LogP contribution in [0.25, 0.3) is 0 Å². The lowest BCUT2D eigenvalue weighted by atomic mass is 9.99. The monoisotopic (exact) mass is 344 g/mol. The number of aliphatic hydroxyl groups excluding tert-OH is 1. The van der Waals surface area contributed by atoms with Gasteiger partial charge in [-0.05, 0) is 44.8 Å². The third kappa shape index (κ3) is 6.79. The first kappa shape index (κ1) is 19.2. The molecule has 2 rings (SSSR count). The number of likely N-dealkylation sites (tertiary alicyclic amines) is 1. The third-order valence-electron chi connectivity index (χ3n) is 4.66. The van der Waals surface area contributed by atoms with E-state index in [0.717, 1.165) is 18.4 Å². The summed E-state index contributed by atoms with van der Waals surface area (Å²) in [4.78, 5) is 1.87. The maximum atomic E-state index is 12.3. The van der Waals surface area contributed by atoms with Crippen LogP contribution in [-0.2, 0) is 6.42 Å². The number of aliphatic hydroxyl groups is 1. The highest BCUT2D eigenvalue weighted by Gasteiger charge is 2.29. The first-order valence-corrected chi connectivity index (χ1v) is 8.60. The van der Waals surface area contributed by atoms with Crippen molar-refractivity contribution in [3.05, 3.63) is 35.9 Å². The van der Waals surface area contributed by atoms with Gasteiger partial charge in [-0.2, -0.15) is 13.2 Å². The van der Waals surface area contributed by atoms with E-state index in [1.807, 2.05) is 42.2 Å². The Bertz CT molecular complexity index is 473. The number of alkyl halides is 3. The van der Waals surface area contributed by atoms with Gasteiger partial charge >= 0.3 is 6.18 Å². The molecular formula is C18H27F3N2O. The fourth-order valence-electron chi connectivity index (χ4n) is 3.12. The zero-order valence-corrected chi connectivity index (χ0v) is 14.1. The van der Waals surface area contributed by atoms with Gasteiger partial charge in [0, 0.05) is 18.6 Å². The predicted octanol–water partition coefficient (Wildman–Crippen LogP) is 2.98. The van der Waals surface area contributed by atoms with E-state index in [9.17, 15) is 18.3 Å². The van der Waals surface area contributed by atoms with E-state index in [-0.39, 0.29) is 18.6 Å². The van der Waals surface area contributed by atoms with Crippen LogP contribution in [0.2, 0.25) is 0 Å². The van der Waals surface area contributed by atoms with Crippen LogP contribution in [0.3, 0.4) is 0 Å². The lowest BCUT2D eigenvalue weighted by molar-refractivity contribution is -0.138. The lowest BCUT2D eigenvalue weighted by Crippen LogP contribution is -2.49. The Balaban J connectivity index is 1.69. The molecule has 2 atom stereocenters.